The van der Waals surface area contributed by atoms with Gasteiger partial charge in [-0.15, -0.1) is 11.3 Å². The van der Waals surface area contributed by atoms with Crippen LogP contribution in [0.15, 0.2) is 151 Å². The van der Waals surface area contributed by atoms with Gasteiger partial charge < -0.3 is 9.47 Å². The van der Waals surface area contributed by atoms with Gasteiger partial charge in [0.25, 0.3) is 0 Å². The monoisotopic (exact) mass is 754 g/mol. The number of thiophene rings is 1. The zero-order valence-corrected chi connectivity index (χ0v) is 34.6. The molecule has 278 valence electrons. The normalized spacial score (nSPS) is 20.6. The van der Waals surface area contributed by atoms with E-state index in [9.17, 15) is 0 Å². The lowest BCUT2D eigenvalue weighted by molar-refractivity contribution is 0.327. The molecule has 6 aromatic carbocycles. The van der Waals surface area contributed by atoms with Crippen LogP contribution in [0.25, 0.3) is 53.6 Å². The van der Waals surface area contributed by atoms with E-state index in [0.29, 0.717) is 5.92 Å². The number of hydrogen-bond acceptors (Lipinski definition) is 2. The Morgan fingerprint density at radius 2 is 1.25 bits per heavy atom. The number of para-hydroxylation sites is 1. The average Bonchev–Trinajstić information content (AvgIpc) is 3.89. The van der Waals surface area contributed by atoms with E-state index in [0.717, 1.165) is 0 Å². The maximum absolute atomic E-state index is 2.70. The number of nitrogens with zero attached hydrogens (tertiary/aromatic N) is 2. The van der Waals surface area contributed by atoms with Crippen molar-refractivity contribution in [2.75, 3.05) is 4.90 Å². The molecular weight excluding hydrogens is 709 g/mol. The van der Waals surface area contributed by atoms with Crippen LogP contribution in [0, 0.1) is 11.8 Å². The number of fused-ring (bicyclic) bond motifs is 12. The van der Waals surface area contributed by atoms with Crippen molar-refractivity contribution in [3.63, 3.8) is 0 Å². The molecule has 3 heteroatoms. The predicted octanol–water partition coefficient (Wildman–Crippen LogP) is 14.6. The number of rotatable bonds is 2. The van der Waals surface area contributed by atoms with Crippen molar-refractivity contribution in [2.24, 2.45) is 11.8 Å². The Morgan fingerprint density at radius 1 is 0.579 bits per heavy atom. The highest BCUT2D eigenvalue weighted by molar-refractivity contribution is 7.26. The largest absolute Gasteiger partial charge is 0.313 e. The summed E-state index contributed by atoms with van der Waals surface area (Å²) in [6.07, 6.45) is 2.61. The molecule has 0 saturated heterocycles. The van der Waals surface area contributed by atoms with Crippen LogP contribution >= 0.6 is 11.3 Å². The molecule has 0 fully saturated rings. The molecule has 2 atom stereocenters. The molecule has 3 heterocycles. The first-order chi connectivity index (χ1) is 27.5. The van der Waals surface area contributed by atoms with Crippen molar-refractivity contribution in [3.05, 3.63) is 179 Å². The van der Waals surface area contributed by atoms with Gasteiger partial charge in [-0.2, -0.15) is 0 Å². The highest BCUT2D eigenvalue weighted by Gasteiger charge is 2.52. The summed E-state index contributed by atoms with van der Waals surface area (Å²) in [6, 6.07) is 50.7. The fourth-order valence-corrected chi connectivity index (χ4v) is 13.3. The number of aromatic nitrogens is 1. The smallest absolute Gasteiger partial charge is 0.0728 e. The third-order valence-corrected chi connectivity index (χ3v) is 15.8. The second-order valence-electron chi connectivity index (χ2n) is 18.6. The molecule has 0 spiro atoms. The molecule has 57 heavy (non-hydrogen) atoms. The number of anilines is 2. The van der Waals surface area contributed by atoms with Gasteiger partial charge in [0.2, 0.25) is 0 Å². The predicted molar refractivity (Wildman–Crippen MR) is 242 cm³/mol. The van der Waals surface area contributed by atoms with Crippen LogP contribution in [0.3, 0.4) is 0 Å². The van der Waals surface area contributed by atoms with Crippen LogP contribution in [0.1, 0.15) is 76.3 Å². The van der Waals surface area contributed by atoms with Crippen molar-refractivity contribution < 1.29 is 0 Å². The quantitative estimate of drug-likeness (QED) is 0.171. The molecule has 0 radical (unpaired) electrons. The highest BCUT2D eigenvalue weighted by atomic mass is 32.1. The topological polar surface area (TPSA) is 8.17 Å². The molecule has 0 bridgehead atoms. The van der Waals surface area contributed by atoms with E-state index in [-0.39, 0.29) is 22.2 Å². The minimum Gasteiger partial charge on any atom is -0.313 e. The van der Waals surface area contributed by atoms with Crippen molar-refractivity contribution in [1.29, 1.82) is 0 Å². The minimum atomic E-state index is -0.169. The van der Waals surface area contributed by atoms with Crippen molar-refractivity contribution in [2.45, 2.75) is 64.7 Å². The van der Waals surface area contributed by atoms with Crippen molar-refractivity contribution in [3.8, 4) is 16.8 Å². The van der Waals surface area contributed by atoms with Gasteiger partial charge in [0.05, 0.1) is 21.4 Å². The summed E-state index contributed by atoms with van der Waals surface area (Å²) in [5.74, 6) is 0.648. The number of hydrogen-bond donors (Lipinski definition) is 0. The van der Waals surface area contributed by atoms with Crippen LogP contribution in [0.2, 0.25) is 0 Å². The van der Waals surface area contributed by atoms with Crippen molar-refractivity contribution >= 4 is 59.5 Å². The molecule has 4 aliphatic rings. The average molecular weight is 755 g/mol. The molecule has 0 saturated carbocycles. The lowest BCUT2D eigenvalue weighted by atomic mass is 9.62. The van der Waals surface area contributed by atoms with E-state index in [1.807, 2.05) is 11.3 Å². The molecule has 2 nitrogen and oxygen atoms in total. The van der Waals surface area contributed by atoms with Gasteiger partial charge in [0.15, 0.2) is 0 Å². The summed E-state index contributed by atoms with van der Waals surface area (Å²) >= 11 is 1.94. The zero-order valence-electron chi connectivity index (χ0n) is 33.7. The Hall–Kier alpha value is -5.64. The minimum absolute atomic E-state index is 0.00222. The summed E-state index contributed by atoms with van der Waals surface area (Å²) in [4.78, 5) is 2.70. The maximum atomic E-state index is 2.70. The fraction of sp³-hybridized carbons (Fsp3) is 0.222. The van der Waals surface area contributed by atoms with Gasteiger partial charge in [0.1, 0.15) is 0 Å². The molecule has 1 aliphatic heterocycles. The first-order valence-corrected chi connectivity index (χ1v) is 21.5. The van der Waals surface area contributed by atoms with Gasteiger partial charge in [-0.05, 0) is 91.9 Å². The number of allylic oxidation sites excluding steroid dienone is 4. The second kappa shape index (κ2) is 11.1. The molecule has 3 aliphatic carbocycles. The van der Waals surface area contributed by atoms with Crippen LogP contribution in [-0.4, -0.2) is 4.57 Å². The maximum Gasteiger partial charge on any atom is 0.0728 e. The third kappa shape index (κ3) is 4.11. The van der Waals surface area contributed by atoms with Gasteiger partial charge >= 0.3 is 0 Å². The molecule has 0 amide bonds. The third-order valence-electron chi connectivity index (χ3n) is 14.6. The van der Waals surface area contributed by atoms with Crippen LogP contribution in [-0.2, 0) is 16.2 Å². The molecule has 12 rings (SSSR count). The van der Waals surface area contributed by atoms with E-state index >= 15 is 0 Å². The Labute approximate surface area is 339 Å². The molecule has 0 N–H and O–H groups in total. The van der Waals surface area contributed by atoms with Crippen LogP contribution < -0.4 is 4.90 Å². The lowest BCUT2D eigenvalue weighted by Gasteiger charge is -2.50. The van der Waals surface area contributed by atoms with E-state index in [1.54, 1.807) is 0 Å². The Morgan fingerprint density at radius 3 is 2.07 bits per heavy atom. The van der Waals surface area contributed by atoms with E-state index in [2.05, 4.69) is 197 Å². The second-order valence-corrected chi connectivity index (χ2v) is 19.6. The molecular formula is C54H46N2S. The van der Waals surface area contributed by atoms with Gasteiger partial charge in [0, 0.05) is 55.2 Å². The molecule has 2 aromatic heterocycles. The highest BCUT2D eigenvalue weighted by Crippen LogP contribution is 2.63. The SMILES string of the molecule is CC1C2=C(C=C3c4ccccc4C(C)(C)C31)C(C)(C)c1ccccc1N2c1cccc2c1c1sc3ccccc3c1n2-c1ccc2c(c1)C(C)(C)c1ccccc1-2. The standard InChI is InChI=1S/C54H46N2S/c1-31-48-37(34-18-9-12-21-39(34)54(48,6)7)30-42-49(31)56(43-23-14-13-22-40(43)53(42,4)5)45-25-16-24-44-47(45)51-50(36-19-10-15-26-46(36)57-51)55(44)32-27-28-35-33-17-8-11-20-38(33)52(2,3)41(35)29-32/h8-31,48H,1-7H3. The lowest BCUT2D eigenvalue weighted by Crippen LogP contribution is -2.42. The zero-order chi connectivity index (χ0) is 38.7. The van der Waals surface area contributed by atoms with Gasteiger partial charge in [-0.1, -0.05) is 152 Å². The van der Waals surface area contributed by atoms with E-state index in [1.165, 1.54) is 104 Å². The molecule has 2 unspecified atom stereocenters. The Balaban J connectivity index is 1.16. The number of benzene rings is 6. The summed E-state index contributed by atoms with van der Waals surface area (Å²) in [7, 11) is 0. The summed E-state index contributed by atoms with van der Waals surface area (Å²) < 4.78 is 5.26. The first-order valence-electron chi connectivity index (χ1n) is 20.6. The Kier molecular flexibility index (Phi) is 6.50. The summed E-state index contributed by atoms with van der Waals surface area (Å²) in [5, 5.41) is 2.64. The summed E-state index contributed by atoms with van der Waals surface area (Å²) in [6.45, 7) is 17.1. The van der Waals surface area contributed by atoms with E-state index < -0.39 is 0 Å². The van der Waals surface area contributed by atoms with Crippen LogP contribution in [0.5, 0.6) is 0 Å². The van der Waals surface area contributed by atoms with Crippen molar-refractivity contribution in [1.82, 2.24) is 4.57 Å². The van der Waals surface area contributed by atoms with Crippen LogP contribution in [0.4, 0.5) is 11.4 Å². The molecule has 8 aromatic rings. The first kappa shape index (κ1) is 33.5. The van der Waals surface area contributed by atoms with Gasteiger partial charge in [-0.3, -0.25) is 0 Å². The van der Waals surface area contributed by atoms with E-state index in [4.69, 9.17) is 0 Å². The fourth-order valence-electron chi connectivity index (χ4n) is 12.0. The van der Waals surface area contributed by atoms with Gasteiger partial charge in [-0.25, -0.2) is 0 Å². The summed E-state index contributed by atoms with van der Waals surface area (Å²) in [5.41, 5.74) is 20.3. The Bertz CT molecular complexity index is 3140.